The second-order valence-electron chi connectivity index (χ2n) is 11.0. The highest BCUT2D eigenvalue weighted by Gasteiger charge is 2.30. The van der Waals surface area contributed by atoms with Crippen LogP contribution in [0.3, 0.4) is 0 Å². The molecular weight excluding hydrogens is 546 g/mol. The molecule has 0 saturated carbocycles. The molecule has 1 saturated heterocycles. The molecule has 8 nitrogen and oxygen atoms in total. The standard InChI is InChI=1S/C33H37N5O3S/c1-36(20-25-21-42-22-34-25)33(39)28-11-12-30(29-19-27(40-2)10-13-31(29)41-3)35-32(28)38-16-14-37(15-17-38)26-9-8-23-6-4-5-7-24(23)18-26/h4-7,10-13,19,21-22,26H,8-9,14-18,20H2,1-3H3/t26-/m1/s1. The molecule has 0 N–H and O–H groups in total. The number of amides is 1. The van der Waals surface area contributed by atoms with E-state index in [1.54, 1.807) is 24.6 Å². The maximum absolute atomic E-state index is 13.8. The van der Waals surface area contributed by atoms with Crippen LogP contribution >= 0.6 is 11.3 Å². The Balaban J connectivity index is 1.28. The van der Waals surface area contributed by atoms with Crippen molar-refractivity contribution in [3.8, 4) is 22.8 Å². The van der Waals surface area contributed by atoms with Gasteiger partial charge in [0.25, 0.3) is 5.91 Å². The van der Waals surface area contributed by atoms with Crippen molar-refractivity contribution in [1.82, 2.24) is 19.8 Å². The first-order chi connectivity index (χ1) is 20.5. The molecular formula is C33H37N5O3S. The number of rotatable bonds is 8. The first-order valence-corrected chi connectivity index (χ1v) is 15.4. The molecule has 1 aliphatic carbocycles. The van der Waals surface area contributed by atoms with Crippen LogP contribution in [-0.2, 0) is 19.4 Å². The molecule has 0 radical (unpaired) electrons. The molecule has 2 aromatic heterocycles. The molecule has 218 valence electrons. The topological polar surface area (TPSA) is 71.0 Å². The smallest absolute Gasteiger partial charge is 0.257 e. The summed E-state index contributed by atoms with van der Waals surface area (Å²) in [5, 5.41) is 1.98. The quantitative estimate of drug-likeness (QED) is 0.283. The van der Waals surface area contributed by atoms with Crippen molar-refractivity contribution >= 4 is 23.1 Å². The van der Waals surface area contributed by atoms with Crippen LogP contribution in [0.1, 0.15) is 33.6 Å². The molecule has 9 heteroatoms. The van der Waals surface area contributed by atoms with Crippen LogP contribution in [0.25, 0.3) is 11.3 Å². The summed E-state index contributed by atoms with van der Waals surface area (Å²) in [6.07, 6.45) is 3.42. The number of hydrogen-bond acceptors (Lipinski definition) is 8. The van der Waals surface area contributed by atoms with E-state index in [1.807, 2.05) is 42.8 Å². The van der Waals surface area contributed by atoms with Crippen LogP contribution in [0, 0.1) is 0 Å². The number of pyridine rings is 1. The summed E-state index contributed by atoms with van der Waals surface area (Å²) < 4.78 is 11.2. The molecule has 0 spiro atoms. The molecule has 3 heterocycles. The van der Waals surface area contributed by atoms with Crippen molar-refractivity contribution in [2.24, 2.45) is 0 Å². The molecule has 0 bridgehead atoms. The zero-order chi connectivity index (χ0) is 29.1. The number of piperazine rings is 1. The van der Waals surface area contributed by atoms with E-state index in [0.29, 0.717) is 29.7 Å². The highest BCUT2D eigenvalue weighted by atomic mass is 32.1. The lowest BCUT2D eigenvalue weighted by molar-refractivity contribution is 0.0783. The first-order valence-electron chi connectivity index (χ1n) is 14.5. The van der Waals surface area contributed by atoms with Gasteiger partial charge in [-0.1, -0.05) is 24.3 Å². The summed E-state index contributed by atoms with van der Waals surface area (Å²) >= 11 is 1.53. The van der Waals surface area contributed by atoms with Gasteiger partial charge in [-0.25, -0.2) is 9.97 Å². The number of carbonyl (C=O) groups is 1. The zero-order valence-corrected chi connectivity index (χ0v) is 25.3. The highest BCUT2D eigenvalue weighted by molar-refractivity contribution is 7.07. The van der Waals surface area contributed by atoms with E-state index in [1.165, 1.54) is 28.9 Å². The Morgan fingerprint density at radius 1 is 1.02 bits per heavy atom. The van der Waals surface area contributed by atoms with Crippen LogP contribution in [-0.4, -0.2) is 79.2 Å². The molecule has 1 amide bonds. The lowest BCUT2D eigenvalue weighted by Crippen LogP contribution is -2.52. The average Bonchev–Trinajstić information content (AvgIpc) is 3.56. The third-order valence-corrected chi connectivity index (χ3v) is 9.10. The third-order valence-electron chi connectivity index (χ3n) is 8.47. The minimum atomic E-state index is -0.0685. The molecule has 42 heavy (non-hydrogen) atoms. The largest absolute Gasteiger partial charge is 0.497 e. The SMILES string of the molecule is COc1ccc(OC)c(-c2ccc(C(=O)N(C)Cc3cscn3)c(N3CCN([C@@H]4CCc5ccccc5C4)CC3)n2)c1. The van der Waals surface area contributed by atoms with E-state index in [0.717, 1.165) is 61.7 Å². The average molecular weight is 584 g/mol. The van der Waals surface area contributed by atoms with E-state index in [-0.39, 0.29) is 5.91 Å². The van der Waals surface area contributed by atoms with Crippen molar-refractivity contribution in [3.63, 3.8) is 0 Å². The number of aryl methyl sites for hydroxylation is 1. The minimum absolute atomic E-state index is 0.0685. The number of ether oxygens (including phenoxy) is 2. The van der Waals surface area contributed by atoms with Gasteiger partial charge in [-0.15, -0.1) is 11.3 Å². The highest BCUT2D eigenvalue weighted by Crippen LogP contribution is 2.35. The fourth-order valence-electron chi connectivity index (χ4n) is 6.15. The summed E-state index contributed by atoms with van der Waals surface area (Å²) in [7, 11) is 5.12. The van der Waals surface area contributed by atoms with Gasteiger partial charge < -0.3 is 19.3 Å². The zero-order valence-electron chi connectivity index (χ0n) is 24.5. The fraction of sp³-hybridized carbons (Fsp3) is 0.364. The van der Waals surface area contributed by atoms with Crippen molar-refractivity contribution < 1.29 is 14.3 Å². The summed E-state index contributed by atoms with van der Waals surface area (Å²) in [6, 6.07) is 18.9. The Labute approximate surface area is 251 Å². The lowest BCUT2D eigenvalue weighted by atomic mass is 9.87. The van der Waals surface area contributed by atoms with Gasteiger partial charge in [-0.3, -0.25) is 9.69 Å². The number of thiazole rings is 1. The monoisotopic (exact) mass is 583 g/mol. The normalized spacial score (nSPS) is 17.0. The summed E-state index contributed by atoms with van der Waals surface area (Å²) in [5.74, 6) is 2.07. The summed E-state index contributed by atoms with van der Waals surface area (Å²) in [6.45, 7) is 3.93. The molecule has 4 aromatic rings. The van der Waals surface area contributed by atoms with Gasteiger partial charge in [-0.2, -0.15) is 0 Å². The molecule has 2 aliphatic rings. The van der Waals surface area contributed by atoms with Gasteiger partial charge >= 0.3 is 0 Å². The van der Waals surface area contributed by atoms with Crippen molar-refractivity contribution in [2.75, 3.05) is 52.3 Å². The van der Waals surface area contributed by atoms with E-state index < -0.39 is 0 Å². The van der Waals surface area contributed by atoms with E-state index in [4.69, 9.17) is 14.5 Å². The summed E-state index contributed by atoms with van der Waals surface area (Å²) in [4.78, 5) is 29.9. The second kappa shape index (κ2) is 12.5. The molecule has 2 aromatic carbocycles. The van der Waals surface area contributed by atoms with E-state index in [9.17, 15) is 4.79 Å². The first kappa shape index (κ1) is 28.2. The third kappa shape index (κ3) is 5.84. The number of carbonyl (C=O) groups excluding carboxylic acids is 1. The van der Waals surface area contributed by atoms with Gasteiger partial charge in [0.05, 0.1) is 43.2 Å². The van der Waals surface area contributed by atoms with E-state index >= 15 is 0 Å². The number of methoxy groups -OCH3 is 2. The van der Waals surface area contributed by atoms with Gasteiger partial charge in [0.15, 0.2) is 0 Å². The number of aromatic nitrogens is 2. The van der Waals surface area contributed by atoms with Crippen LogP contribution in [0.5, 0.6) is 11.5 Å². The minimum Gasteiger partial charge on any atom is -0.497 e. The van der Waals surface area contributed by atoms with Gasteiger partial charge in [0, 0.05) is 50.2 Å². The number of fused-ring (bicyclic) bond motifs is 1. The van der Waals surface area contributed by atoms with Crippen LogP contribution in [0.4, 0.5) is 5.82 Å². The van der Waals surface area contributed by atoms with Crippen molar-refractivity contribution in [1.29, 1.82) is 0 Å². The Bertz CT molecular complexity index is 1530. The molecule has 1 aliphatic heterocycles. The molecule has 0 unspecified atom stereocenters. The van der Waals surface area contributed by atoms with Crippen LogP contribution in [0.2, 0.25) is 0 Å². The van der Waals surface area contributed by atoms with Crippen molar-refractivity contribution in [2.45, 2.75) is 31.8 Å². The number of nitrogens with zero attached hydrogens (tertiary/aromatic N) is 5. The fourth-order valence-corrected chi connectivity index (χ4v) is 6.70. The maximum atomic E-state index is 13.8. The van der Waals surface area contributed by atoms with E-state index in [2.05, 4.69) is 39.0 Å². The van der Waals surface area contributed by atoms with Crippen LogP contribution < -0.4 is 14.4 Å². The molecule has 6 rings (SSSR count). The Morgan fingerprint density at radius 2 is 1.83 bits per heavy atom. The second-order valence-corrected chi connectivity index (χ2v) is 11.7. The lowest BCUT2D eigenvalue weighted by Gasteiger charge is -2.42. The molecule has 1 fully saturated rings. The number of anilines is 1. The molecule has 1 atom stereocenters. The van der Waals surface area contributed by atoms with Crippen molar-refractivity contribution in [3.05, 3.63) is 87.9 Å². The number of benzene rings is 2. The van der Waals surface area contributed by atoms with Gasteiger partial charge in [0.1, 0.15) is 17.3 Å². The summed E-state index contributed by atoms with van der Waals surface area (Å²) in [5.41, 5.74) is 7.81. The Kier molecular flexibility index (Phi) is 8.39. The Hall–Kier alpha value is -3.95. The van der Waals surface area contributed by atoms with Gasteiger partial charge in [-0.05, 0) is 60.7 Å². The Morgan fingerprint density at radius 3 is 2.57 bits per heavy atom. The maximum Gasteiger partial charge on any atom is 0.257 e. The van der Waals surface area contributed by atoms with Crippen LogP contribution in [0.15, 0.2) is 65.5 Å². The number of hydrogen-bond donors (Lipinski definition) is 0. The van der Waals surface area contributed by atoms with Gasteiger partial charge in [0.2, 0.25) is 0 Å². The predicted octanol–water partition coefficient (Wildman–Crippen LogP) is 5.17. The predicted molar refractivity (Wildman–Crippen MR) is 167 cm³/mol.